The molecule has 0 aromatic carbocycles. The highest BCUT2D eigenvalue weighted by Crippen LogP contribution is 2.38. The molecule has 0 aromatic rings. The minimum Gasteiger partial charge on any atom is -0.323 e. The van der Waals surface area contributed by atoms with E-state index in [-0.39, 0.29) is 6.04 Å². The molecule has 1 saturated heterocycles. The van der Waals surface area contributed by atoms with Gasteiger partial charge < -0.3 is 4.90 Å². The van der Waals surface area contributed by atoms with Crippen LogP contribution in [0.1, 0.15) is 71.6 Å². The summed E-state index contributed by atoms with van der Waals surface area (Å²) >= 11 is 0. The van der Waals surface area contributed by atoms with E-state index in [1.165, 1.54) is 44.9 Å². The van der Waals surface area contributed by atoms with Gasteiger partial charge in [0.05, 0.1) is 12.2 Å². The molecule has 3 heteroatoms. The Morgan fingerprint density at radius 1 is 1.20 bits per heavy atom. The van der Waals surface area contributed by atoms with Gasteiger partial charge in [0.1, 0.15) is 0 Å². The van der Waals surface area contributed by atoms with Crippen LogP contribution in [-0.2, 0) is 4.79 Å². The van der Waals surface area contributed by atoms with Crippen LogP contribution >= 0.6 is 0 Å². The van der Waals surface area contributed by atoms with Crippen molar-refractivity contribution in [3.63, 3.8) is 0 Å². The van der Waals surface area contributed by atoms with E-state index in [2.05, 4.69) is 24.1 Å². The fourth-order valence-electron chi connectivity index (χ4n) is 4.64. The summed E-state index contributed by atoms with van der Waals surface area (Å²) in [5.74, 6) is 1.90. The Kier molecular flexibility index (Phi) is 4.34. The lowest BCUT2D eigenvalue weighted by Crippen LogP contribution is -2.47. The SMILES string of the molecule is CCCC1NC(C2CCCC2)N(C2CCC(C)C2)C1=O. The van der Waals surface area contributed by atoms with E-state index in [0.29, 0.717) is 24.0 Å². The van der Waals surface area contributed by atoms with Crippen LogP contribution in [0.2, 0.25) is 0 Å². The Hall–Kier alpha value is -0.570. The average molecular weight is 278 g/mol. The van der Waals surface area contributed by atoms with Crippen molar-refractivity contribution in [1.82, 2.24) is 10.2 Å². The highest BCUT2D eigenvalue weighted by atomic mass is 16.2. The zero-order chi connectivity index (χ0) is 14.1. The molecule has 1 aliphatic heterocycles. The molecule has 0 radical (unpaired) electrons. The van der Waals surface area contributed by atoms with Gasteiger partial charge in [-0.1, -0.05) is 33.1 Å². The first kappa shape index (κ1) is 14.4. The Balaban J connectivity index is 1.76. The zero-order valence-electron chi connectivity index (χ0n) is 13.1. The smallest absolute Gasteiger partial charge is 0.241 e. The normalized spacial score (nSPS) is 39.1. The molecule has 0 spiro atoms. The molecular weight excluding hydrogens is 248 g/mol. The third-order valence-corrected chi connectivity index (χ3v) is 5.71. The molecule has 3 fully saturated rings. The molecule has 0 aromatic heterocycles. The first-order valence-electron chi connectivity index (χ1n) is 8.79. The van der Waals surface area contributed by atoms with Crippen LogP contribution in [-0.4, -0.2) is 29.1 Å². The number of nitrogens with zero attached hydrogens (tertiary/aromatic N) is 1. The summed E-state index contributed by atoms with van der Waals surface area (Å²) in [6.45, 7) is 4.52. The van der Waals surface area contributed by atoms with E-state index >= 15 is 0 Å². The maximum absolute atomic E-state index is 12.8. The van der Waals surface area contributed by atoms with Crippen LogP contribution in [0.15, 0.2) is 0 Å². The van der Waals surface area contributed by atoms with E-state index in [4.69, 9.17) is 0 Å². The second-order valence-corrected chi connectivity index (χ2v) is 7.31. The quantitative estimate of drug-likeness (QED) is 0.856. The van der Waals surface area contributed by atoms with Gasteiger partial charge in [0, 0.05) is 6.04 Å². The molecule has 3 aliphatic rings. The monoisotopic (exact) mass is 278 g/mol. The van der Waals surface area contributed by atoms with E-state index in [1.54, 1.807) is 0 Å². The topological polar surface area (TPSA) is 32.3 Å². The number of hydrogen-bond donors (Lipinski definition) is 1. The lowest BCUT2D eigenvalue weighted by molar-refractivity contribution is -0.133. The van der Waals surface area contributed by atoms with Gasteiger partial charge in [-0.25, -0.2) is 0 Å². The largest absolute Gasteiger partial charge is 0.323 e. The average Bonchev–Trinajstić information content (AvgIpc) is 3.12. The Bertz CT molecular complexity index is 351. The number of rotatable bonds is 4. The predicted molar refractivity (Wildman–Crippen MR) is 81.2 cm³/mol. The summed E-state index contributed by atoms with van der Waals surface area (Å²) in [6, 6.07) is 0.610. The molecule has 2 aliphatic carbocycles. The number of amides is 1. The van der Waals surface area contributed by atoms with Gasteiger partial charge in [-0.2, -0.15) is 0 Å². The summed E-state index contributed by atoms with van der Waals surface area (Å²) in [7, 11) is 0. The van der Waals surface area contributed by atoms with Crippen molar-refractivity contribution in [2.45, 2.75) is 89.9 Å². The summed E-state index contributed by atoms with van der Waals surface area (Å²) < 4.78 is 0. The molecule has 2 saturated carbocycles. The number of carbonyl (C=O) groups excluding carboxylic acids is 1. The van der Waals surface area contributed by atoms with E-state index in [1.807, 2.05) is 0 Å². The fraction of sp³-hybridized carbons (Fsp3) is 0.941. The highest BCUT2D eigenvalue weighted by Gasteiger charge is 2.46. The van der Waals surface area contributed by atoms with Gasteiger partial charge in [0.2, 0.25) is 5.91 Å². The van der Waals surface area contributed by atoms with Crippen LogP contribution in [0.3, 0.4) is 0 Å². The molecule has 20 heavy (non-hydrogen) atoms. The van der Waals surface area contributed by atoms with Crippen molar-refractivity contribution in [2.24, 2.45) is 11.8 Å². The Labute approximate surface area is 123 Å². The minimum atomic E-state index is 0.0986. The van der Waals surface area contributed by atoms with Crippen molar-refractivity contribution in [1.29, 1.82) is 0 Å². The molecule has 3 rings (SSSR count). The van der Waals surface area contributed by atoms with E-state index < -0.39 is 0 Å². The van der Waals surface area contributed by atoms with E-state index in [9.17, 15) is 4.79 Å². The second kappa shape index (κ2) is 6.05. The van der Waals surface area contributed by atoms with Gasteiger partial charge in [0.25, 0.3) is 0 Å². The molecule has 1 N–H and O–H groups in total. The fourth-order valence-corrected chi connectivity index (χ4v) is 4.64. The van der Waals surface area contributed by atoms with Gasteiger partial charge in [0.15, 0.2) is 0 Å². The van der Waals surface area contributed by atoms with Crippen molar-refractivity contribution in [2.75, 3.05) is 0 Å². The number of hydrogen-bond acceptors (Lipinski definition) is 2. The van der Waals surface area contributed by atoms with Gasteiger partial charge in [-0.3, -0.25) is 10.1 Å². The molecular formula is C17H30N2O. The van der Waals surface area contributed by atoms with Crippen LogP contribution < -0.4 is 5.32 Å². The second-order valence-electron chi connectivity index (χ2n) is 7.31. The number of nitrogens with one attached hydrogen (secondary N) is 1. The molecule has 4 unspecified atom stereocenters. The molecule has 114 valence electrons. The zero-order valence-corrected chi connectivity index (χ0v) is 13.1. The van der Waals surface area contributed by atoms with Crippen LogP contribution in [0, 0.1) is 11.8 Å². The Morgan fingerprint density at radius 2 is 1.95 bits per heavy atom. The number of carbonyl (C=O) groups is 1. The van der Waals surface area contributed by atoms with Crippen molar-refractivity contribution in [3.05, 3.63) is 0 Å². The lowest BCUT2D eigenvalue weighted by atomic mass is 10.0. The summed E-state index contributed by atoms with van der Waals surface area (Å²) in [6.07, 6.45) is 11.5. The van der Waals surface area contributed by atoms with Crippen molar-refractivity contribution in [3.8, 4) is 0 Å². The third-order valence-electron chi connectivity index (χ3n) is 5.71. The first-order valence-corrected chi connectivity index (χ1v) is 8.79. The first-order chi connectivity index (χ1) is 9.70. The molecule has 0 bridgehead atoms. The lowest BCUT2D eigenvalue weighted by Gasteiger charge is -2.34. The maximum Gasteiger partial charge on any atom is 0.241 e. The standard InChI is InChI=1S/C17H30N2O/c1-3-6-15-17(20)19(14-10-9-12(2)11-14)16(18-15)13-7-4-5-8-13/h12-16,18H,3-11H2,1-2H3. The summed E-state index contributed by atoms with van der Waals surface area (Å²) in [5.41, 5.74) is 0. The van der Waals surface area contributed by atoms with Gasteiger partial charge >= 0.3 is 0 Å². The molecule has 1 amide bonds. The Morgan fingerprint density at radius 3 is 2.55 bits per heavy atom. The van der Waals surface area contributed by atoms with Crippen LogP contribution in [0.5, 0.6) is 0 Å². The molecule has 4 atom stereocenters. The molecule has 3 nitrogen and oxygen atoms in total. The van der Waals surface area contributed by atoms with Crippen LogP contribution in [0.4, 0.5) is 0 Å². The van der Waals surface area contributed by atoms with Crippen molar-refractivity contribution < 1.29 is 4.79 Å². The highest BCUT2D eigenvalue weighted by molar-refractivity contribution is 5.84. The molecule has 1 heterocycles. The van der Waals surface area contributed by atoms with Gasteiger partial charge in [-0.15, -0.1) is 0 Å². The van der Waals surface area contributed by atoms with Crippen LogP contribution in [0.25, 0.3) is 0 Å². The minimum absolute atomic E-state index is 0.0986. The van der Waals surface area contributed by atoms with E-state index in [0.717, 1.165) is 18.8 Å². The van der Waals surface area contributed by atoms with Crippen molar-refractivity contribution >= 4 is 5.91 Å². The summed E-state index contributed by atoms with van der Waals surface area (Å²) in [4.78, 5) is 15.1. The predicted octanol–water partition coefficient (Wildman–Crippen LogP) is 3.29. The van der Waals surface area contributed by atoms with Gasteiger partial charge in [-0.05, 0) is 50.4 Å². The third kappa shape index (κ3) is 2.61. The summed E-state index contributed by atoms with van der Waals surface area (Å²) in [5, 5.41) is 3.70. The maximum atomic E-state index is 12.8.